The van der Waals surface area contributed by atoms with Crippen molar-refractivity contribution in [2.45, 2.75) is 45.8 Å². The molecule has 0 amide bonds. The van der Waals surface area contributed by atoms with Crippen molar-refractivity contribution in [2.75, 3.05) is 5.32 Å². The van der Waals surface area contributed by atoms with Crippen molar-refractivity contribution in [3.8, 4) is 0 Å². The number of aliphatic hydroxyl groups excluding tert-OH is 1. The van der Waals surface area contributed by atoms with Gasteiger partial charge in [0.15, 0.2) is 0 Å². The normalized spacial score (nSPS) is 13.8. The summed E-state index contributed by atoms with van der Waals surface area (Å²) >= 11 is 0. The molecule has 0 aromatic carbocycles. The number of hydrogen-bond donors (Lipinski definition) is 2. The zero-order valence-electron chi connectivity index (χ0n) is 12.4. The van der Waals surface area contributed by atoms with E-state index < -0.39 is 0 Å². The van der Waals surface area contributed by atoms with Crippen LogP contribution in [0.5, 0.6) is 0 Å². The van der Waals surface area contributed by atoms with Crippen LogP contribution in [0.1, 0.15) is 40.9 Å². The van der Waals surface area contributed by atoms with Gasteiger partial charge in [-0.15, -0.1) is 0 Å². The lowest BCUT2D eigenvalue weighted by Crippen LogP contribution is -2.13. The van der Waals surface area contributed by atoms with Gasteiger partial charge in [0.05, 0.1) is 18.5 Å². The molecule has 0 saturated heterocycles. The molecule has 2 N–H and O–H groups in total. The third-order valence-electron chi connectivity index (χ3n) is 4.07. The van der Waals surface area contributed by atoms with Crippen molar-refractivity contribution < 1.29 is 5.11 Å². The van der Waals surface area contributed by atoms with E-state index in [4.69, 9.17) is 0 Å². The molecule has 110 valence electrons. The summed E-state index contributed by atoms with van der Waals surface area (Å²) in [5.41, 5.74) is 6.87. The zero-order chi connectivity index (χ0) is 14.7. The number of aliphatic hydroxyl groups is 1. The minimum absolute atomic E-state index is 0.0261. The Morgan fingerprint density at radius 3 is 2.95 bits per heavy atom. The van der Waals surface area contributed by atoms with E-state index in [2.05, 4.69) is 28.3 Å². The monoisotopic (exact) mass is 283 g/mol. The highest BCUT2D eigenvalue weighted by Gasteiger charge is 2.15. The topological polar surface area (TPSA) is 58.0 Å². The van der Waals surface area contributed by atoms with Gasteiger partial charge in [-0.05, 0) is 55.9 Å². The molecule has 0 saturated carbocycles. The standard InChI is InChI=1S/C17H21N3O/c1-12-8-14(15-4-2-3-5-16(15)20-12)9-19-17-10-18-7-6-13(17)11-21/h6-8,10,19,21H,2-5,9,11H2,1H3. The molecule has 0 bridgehead atoms. The van der Waals surface area contributed by atoms with Crippen LogP contribution in [-0.4, -0.2) is 15.1 Å². The van der Waals surface area contributed by atoms with Crippen molar-refractivity contribution in [1.29, 1.82) is 0 Å². The number of nitrogens with one attached hydrogen (secondary N) is 1. The number of rotatable bonds is 4. The Kier molecular flexibility index (Phi) is 4.15. The lowest BCUT2D eigenvalue weighted by atomic mass is 9.91. The van der Waals surface area contributed by atoms with Gasteiger partial charge in [0.2, 0.25) is 0 Å². The summed E-state index contributed by atoms with van der Waals surface area (Å²) in [6.45, 7) is 2.84. The van der Waals surface area contributed by atoms with Crippen LogP contribution in [0.2, 0.25) is 0 Å². The SMILES string of the molecule is Cc1cc(CNc2cnccc2CO)c2c(n1)CCCC2. The van der Waals surface area contributed by atoms with Crippen molar-refractivity contribution in [3.05, 3.63) is 52.6 Å². The number of fused-ring (bicyclic) bond motifs is 1. The van der Waals surface area contributed by atoms with E-state index in [0.29, 0.717) is 0 Å². The molecular formula is C17H21N3O. The fourth-order valence-electron chi connectivity index (χ4n) is 3.01. The molecular weight excluding hydrogens is 262 g/mol. The summed E-state index contributed by atoms with van der Waals surface area (Å²) < 4.78 is 0. The molecule has 1 aliphatic carbocycles. The fourth-order valence-corrected chi connectivity index (χ4v) is 3.01. The maximum atomic E-state index is 9.37. The Bertz CT molecular complexity index is 640. The highest BCUT2D eigenvalue weighted by atomic mass is 16.3. The minimum atomic E-state index is 0.0261. The first-order chi connectivity index (χ1) is 10.3. The molecule has 2 heterocycles. The van der Waals surface area contributed by atoms with E-state index in [1.54, 1.807) is 12.4 Å². The zero-order valence-corrected chi connectivity index (χ0v) is 12.4. The second-order valence-corrected chi connectivity index (χ2v) is 5.60. The smallest absolute Gasteiger partial charge is 0.0703 e. The third kappa shape index (κ3) is 3.05. The van der Waals surface area contributed by atoms with Gasteiger partial charge in [-0.25, -0.2) is 0 Å². The van der Waals surface area contributed by atoms with Gasteiger partial charge in [-0.3, -0.25) is 9.97 Å². The van der Waals surface area contributed by atoms with Gasteiger partial charge in [0.25, 0.3) is 0 Å². The van der Waals surface area contributed by atoms with Gasteiger partial charge >= 0.3 is 0 Å². The predicted octanol–water partition coefficient (Wildman–Crippen LogP) is 2.77. The van der Waals surface area contributed by atoms with E-state index >= 15 is 0 Å². The van der Waals surface area contributed by atoms with E-state index in [-0.39, 0.29) is 6.61 Å². The Labute approximate surface area is 125 Å². The van der Waals surface area contributed by atoms with Crippen molar-refractivity contribution in [3.63, 3.8) is 0 Å². The van der Waals surface area contributed by atoms with E-state index in [1.165, 1.54) is 29.7 Å². The summed E-state index contributed by atoms with van der Waals surface area (Å²) in [7, 11) is 0. The summed E-state index contributed by atoms with van der Waals surface area (Å²) in [5, 5.41) is 12.8. The molecule has 2 aromatic rings. The molecule has 0 unspecified atom stereocenters. The molecule has 2 aromatic heterocycles. The molecule has 4 heteroatoms. The first-order valence-electron chi connectivity index (χ1n) is 7.54. The highest BCUT2D eigenvalue weighted by Crippen LogP contribution is 2.25. The predicted molar refractivity (Wildman–Crippen MR) is 83.1 cm³/mol. The minimum Gasteiger partial charge on any atom is -0.392 e. The van der Waals surface area contributed by atoms with E-state index in [9.17, 15) is 5.11 Å². The summed E-state index contributed by atoms with van der Waals surface area (Å²) in [5.74, 6) is 0. The number of anilines is 1. The van der Waals surface area contributed by atoms with E-state index in [1.807, 2.05) is 6.07 Å². The van der Waals surface area contributed by atoms with Crippen LogP contribution in [0.4, 0.5) is 5.69 Å². The fraction of sp³-hybridized carbons (Fsp3) is 0.412. The second kappa shape index (κ2) is 6.22. The molecule has 21 heavy (non-hydrogen) atoms. The van der Waals surface area contributed by atoms with Crippen molar-refractivity contribution in [1.82, 2.24) is 9.97 Å². The molecule has 0 spiro atoms. The van der Waals surface area contributed by atoms with Crippen LogP contribution < -0.4 is 5.32 Å². The largest absolute Gasteiger partial charge is 0.392 e. The van der Waals surface area contributed by atoms with Crippen LogP contribution in [0.3, 0.4) is 0 Å². The van der Waals surface area contributed by atoms with Gasteiger partial charge < -0.3 is 10.4 Å². The number of aromatic nitrogens is 2. The molecule has 0 atom stereocenters. The van der Waals surface area contributed by atoms with Crippen LogP contribution in [-0.2, 0) is 26.0 Å². The maximum absolute atomic E-state index is 9.37. The Morgan fingerprint density at radius 1 is 1.24 bits per heavy atom. The summed E-state index contributed by atoms with van der Waals surface area (Å²) in [6, 6.07) is 4.02. The second-order valence-electron chi connectivity index (χ2n) is 5.60. The van der Waals surface area contributed by atoms with Gasteiger partial charge in [0.1, 0.15) is 0 Å². The van der Waals surface area contributed by atoms with E-state index in [0.717, 1.165) is 36.3 Å². The molecule has 3 rings (SSSR count). The number of hydrogen-bond acceptors (Lipinski definition) is 4. The summed E-state index contributed by atoms with van der Waals surface area (Å²) in [6.07, 6.45) is 8.19. The van der Waals surface area contributed by atoms with Crippen LogP contribution >= 0.6 is 0 Å². The average Bonchev–Trinajstić information content (AvgIpc) is 2.52. The maximum Gasteiger partial charge on any atom is 0.0703 e. The first kappa shape index (κ1) is 14.0. The lowest BCUT2D eigenvalue weighted by molar-refractivity contribution is 0.282. The Balaban J connectivity index is 1.83. The molecule has 0 fully saturated rings. The lowest BCUT2D eigenvalue weighted by Gasteiger charge is -2.20. The number of nitrogens with zero attached hydrogens (tertiary/aromatic N) is 2. The van der Waals surface area contributed by atoms with Gasteiger partial charge in [-0.1, -0.05) is 0 Å². The molecule has 4 nitrogen and oxygen atoms in total. The Morgan fingerprint density at radius 2 is 2.10 bits per heavy atom. The number of aryl methyl sites for hydroxylation is 2. The molecule has 1 aliphatic rings. The average molecular weight is 283 g/mol. The van der Waals surface area contributed by atoms with Crippen molar-refractivity contribution in [2.24, 2.45) is 0 Å². The third-order valence-corrected chi connectivity index (χ3v) is 4.07. The number of pyridine rings is 2. The van der Waals surface area contributed by atoms with Crippen molar-refractivity contribution >= 4 is 5.69 Å². The quantitative estimate of drug-likeness (QED) is 0.906. The highest BCUT2D eigenvalue weighted by molar-refractivity contribution is 5.49. The van der Waals surface area contributed by atoms with Gasteiger partial charge in [-0.2, -0.15) is 0 Å². The molecule has 0 aliphatic heterocycles. The first-order valence-corrected chi connectivity index (χ1v) is 7.54. The van der Waals surface area contributed by atoms with Gasteiger partial charge in [0, 0.05) is 29.7 Å². The van der Waals surface area contributed by atoms with Crippen LogP contribution in [0, 0.1) is 6.92 Å². The Hall–Kier alpha value is -1.94. The summed E-state index contributed by atoms with van der Waals surface area (Å²) in [4.78, 5) is 8.81. The van der Waals surface area contributed by atoms with Crippen LogP contribution in [0.25, 0.3) is 0 Å². The van der Waals surface area contributed by atoms with Crippen LogP contribution in [0.15, 0.2) is 24.5 Å². The molecule has 0 radical (unpaired) electrons.